The van der Waals surface area contributed by atoms with Gasteiger partial charge in [0.25, 0.3) is 0 Å². The van der Waals surface area contributed by atoms with E-state index >= 15 is 0 Å². The highest BCUT2D eigenvalue weighted by atomic mass is 14.6. The summed E-state index contributed by atoms with van der Waals surface area (Å²) in [5, 5.41) is 0. The van der Waals surface area contributed by atoms with Gasteiger partial charge in [0, 0.05) is 12.4 Å². The maximum atomic E-state index is 4.02. The number of unbranched alkanes of at least 4 members (excludes halogenated alkanes) is 2. The summed E-state index contributed by atoms with van der Waals surface area (Å²) in [6, 6.07) is 4.24. The van der Waals surface area contributed by atoms with Gasteiger partial charge in [0.2, 0.25) is 0 Å². The molecule has 72 valence electrons. The van der Waals surface area contributed by atoms with E-state index in [2.05, 4.69) is 31.0 Å². The maximum absolute atomic E-state index is 4.02. The van der Waals surface area contributed by atoms with Crippen molar-refractivity contribution in [3.8, 4) is 0 Å². The average Bonchev–Trinajstić information content (AvgIpc) is 2.19. The van der Waals surface area contributed by atoms with E-state index in [4.69, 9.17) is 0 Å². The second kappa shape index (κ2) is 5.74. The summed E-state index contributed by atoms with van der Waals surface area (Å²) in [7, 11) is 0. The van der Waals surface area contributed by atoms with Gasteiger partial charge < -0.3 is 0 Å². The monoisotopic (exact) mass is 177 g/mol. The zero-order valence-electron chi connectivity index (χ0n) is 8.66. The normalized spacial score (nSPS) is 12.8. The molecule has 1 rings (SSSR count). The molecule has 0 saturated heterocycles. The fourth-order valence-electron chi connectivity index (χ4n) is 1.56. The molecule has 0 aromatic carbocycles. The van der Waals surface area contributed by atoms with Gasteiger partial charge >= 0.3 is 0 Å². The van der Waals surface area contributed by atoms with E-state index < -0.39 is 0 Å². The predicted molar refractivity (Wildman–Crippen MR) is 56.8 cm³/mol. The number of hydrogen-bond donors (Lipinski definition) is 0. The molecule has 1 aromatic heterocycles. The third kappa shape index (κ3) is 3.58. The number of rotatable bonds is 5. The van der Waals surface area contributed by atoms with Crippen LogP contribution in [-0.2, 0) is 0 Å². The molecule has 0 spiro atoms. The molecule has 13 heavy (non-hydrogen) atoms. The van der Waals surface area contributed by atoms with Crippen LogP contribution in [0.5, 0.6) is 0 Å². The van der Waals surface area contributed by atoms with Crippen LogP contribution < -0.4 is 0 Å². The van der Waals surface area contributed by atoms with E-state index in [0.29, 0.717) is 5.92 Å². The Kier molecular flexibility index (Phi) is 4.52. The van der Waals surface area contributed by atoms with E-state index in [0.717, 1.165) is 0 Å². The van der Waals surface area contributed by atoms with E-state index in [-0.39, 0.29) is 0 Å². The highest BCUT2D eigenvalue weighted by molar-refractivity contribution is 5.14. The number of nitrogens with zero attached hydrogens (tertiary/aromatic N) is 1. The van der Waals surface area contributed by atoms with E-state index in [1.165, 1.54) is 31.2 Å². The second-order valence-electron chi connectivity index (χ2n) is 3.68. The molecule has 0 radical (unpaired) electrons. The molecule has 0 aliphatic rings. The first-order valence-electron chi connectivity index (χ1n) is 5.24. The zero-order valence-corrected chi connectivity index (χ0v) is 8.66. The first kappa shape index (κ1) is 10.2. The lowest BCUT2D eigenvalue weighted by Crippen LogP contribution is -1.93. The summed E-state index contributed by atoms with van der Waals surface area (Å²) >= 11 is 0. The van der Waals surface area contributed by atoms with Crippen molar-refractivity contribution in [3.05, 3.63) is 30.1 Å². The van der Waals surface area contributed by atoms with Crippen molar-refractivity contribution >= 4 is 0 Å². The van der Waals surface area contributed by atoms with Gasteiger partial charge in [-0.05, 0) is 30.0 Å². The van der Waals surface area contributed by atoms with Crippen molar-refractivity contribution in [2.24, 2.45) is 0 Å². The molecule has 0 N–H and O–H groups in total. The van der Waals surface area contributed by atoms with E-state index in [1.54, 1.807) is 0 Å². The van der Waals surface area contributed by atoms with Crippen LogP contribution in [-0.4, -0.2) is 4.98 Å². The minimum Gasteiger partial charge on any atom is -0.265 e. The summed E-state index contributed by atoms with van der Waals surface area (Å²) in [6.07, 6.45) is 9.08. The molecule has 1 unspecified atom stereocenters. The smallest absolute Gasteiger partial charge is 0.0270 e. The Labute approximate surface area is 81.2 Å². The van der Waals surface area contributed by atoms with Crippen molar-refractivity contribution in [3.63, 3.8) is 0 Å². The number of pyridine rings is 1. The Morgan fingerprint density at radius 3 is 2.54 bits per heavy atom. The van der Waals surface area contributed by atoms with Gasteiger partial charge in [-0.25, -0.2) is 0 Å². The highest BCUT2D eigenvalue weighted by Crippen LogP contribution is 2.20. The Morgan fingerprint density at radius 1 is 1.23 bits per heavy atom. The molecule has 0 aliphatic carbocycles. The quantitative estimate of drug-likeness (QED) is 0.624. The topological polar surface area (TPSA) is 12.9 Å². The van der Waals surface area contributed by atoms with Crippen LogP contribution in [0.4, 0.5) is 0 Å². The standard InChI is InChI=1S/C12H19N/c1-3-4-5-6-11(2)12-7-9-13-10-8-12/h7-11H,3-6H2,1-2H3. The predicted octanol–water partition coefficient (Wildman–Crippen LogP) is 3.77. The minimum atomic E-state index is 0.689. The van der Waals surface area contributed by atoms with Gasteiger partial charge in [-0.1, -0.05) is 33.1 Å². The molecule has 0 bridgehead atoms. The van der Waals surface area contributed by atoms with Crippen LogP contribution in [0.25, 0.3) is 0 Å². The summed E-state index contributed by atoms with van der Waals surface area (Å²) < 4.78 is 0. The number of hydrogen-bond acceptors (Lipinski definition) is 1. The van der Waals surface area contributed by atoms with Gasteiger partial charge in [0.05, 0.1) is 0 Å². The van der Waals surface area contributed by atoms with Crippen LogP contribution in [0.15, 0.2) is 24.5 Å². The summed E-state index contributed by atoms with van der Waals surface area (Å²) in [5.74, 6) is 0.689. The Bertz CT molecular complexity index is 218. The average molecular weight is 177 g/mol. The molecule has 1 heteroatoms. The molecule has 0 aliphatic heterocycles. The highest BCUT2D eigenvalue weighted by Gasteiger charge is 2.03. The molecule has 1 atom stereocenters. The molecular weight excluding hydrogens is 158 g/mol. The van der Waals surface area contributed by atoms with Crippen molar-refractivity contribution in [1.82, 2.24) is 4.98 Å². The number of aromatic nitrogens is 1. The minimum absolute atomic E-state index is 0.689. The van der Waals surface area contributed by atoms with Crippen LogP contribution in [0, 0.1) is 0 Å². The fourth-order valence-corrected chi connectivity index (χ4v) is 1.56. The molecule has 1 heterocycles. The Balaban J connectivity index is 2.35. The summed E-state index contributed by atoms with van der Waals surface area (Å²) in [6.45, 7) is 4.54. The van der Waals surface area contributed by atoms with Crippen LogP contribution in [0.3, 0.4) is 0 Å². The third-order valence-corrected chi connectivity index (χ3v) is 2.52. The molecule has 0 saturated carbocycles. The molecule has 0 amide bonds. The maximum Gasteiger partial charge on any atom is 0.0270 e. The van der Waals surface area contributed by atoms with Crippen molar-refractivity contribution < 1.29 is 0 Å². The fraction of sp³-hybridized carbons (Fsp3) is 0.583. The Hall–Kier alpha value is -0.850. The first-order chi connectivity index (χ1) is 6.34. The van der Waals surface area contributed by atoms with Gasteiger partial charge in [-0.15, -0.1) is 0 Å². The van der Waals surface area contributed by atoms with E-state index in [1.807, 2.05) is 12.4 Å². The lowest BCUT2D eigenvalue weighted by atomic mass is 9.96. The SMILES string of the molecule is CCCCCC(C)c1ccncc1. The summed E-state index contributed by atoms with van der Waals surface area (Å²) in [4.78, 5) is 4.02. The van der Waals surface area contributed by atoms with Gasteiger partial charge in [0.1, 0.15) is 0 Å². The molecular formula is C12H19N. The van der Waals surface area contributed by atoms with Gasteiger partial charge in [-0.2, -0.15) is 0 Å². The van der Waals surface area contributed by atoms with Crippen molar-refractivity contribution in [2.75, 3.05) is 0 Å². The molecule has 0 fully saturated rings. The second-order valence-corrected chi connectivity index (χ2v) is 3.68. The van der Waals surface area contributed by atoms with Crippen molar-refractivity contribution in [1.29, 1.82) is 0 Å². The van der Waals surface area contributed by atoms with Gasteiger partial charge in [0.15, 0.2) is 0 Å². The summed E-state index contributed by atoms with van der Waals surface area (Å²) in [5.41, 5.74) is 1.42. The Morgan fingerprint density at radius 2 is 1.92 bits per heavy atom. The first-order valence-corrected chi connectivity index (χ1v) is 5.24. The van der Waals surface area contributed by atoms with Crippen LogP contribution in [0.2, 0.25) is 0 Å². The van der Waals surface area contributed by atoms with Crippen LogP contribution >= 0.6 is 0 Å². The zero-order chi connectivity index (χ0) is 9.52. The lowest BCUT2D eigenvalue weighted by Gasteiger charge is -2.10. The van der Waals surface area contributed by atoms with Crippen molar-refractivity contribution in [2.45, 2.75) is 45.4 Å². The third-order valence-electron chi connectivity index (χ3n) is 2.52. The molecule has 1 aromatic rings. The van der Waals surface area contributed by atoms with Crippen LogP contribution in [0.1, 0.15) is 51.0 Å². The van der Waals surface area contributed by atoms with Gasteiger partial charge in [-0.3, -0.25) is 4.98 Å². The van der Waals surface area contributed by atoms with E-state index in [9.17, 15) is 0 Å². The molecule has 1 nitrogen and oxygen atoms in total. The largest absolute Gasteiger partial charge is 0.265 e. The lowest BCUT2D eigenvalue weighted by molar-refractivity contribution is 0.597.